The number of aromatic nitrogens is 2. The smallest absolute Gasteiger partial charge is 0.0890 e. The number of rotatable bonds is 7. The lowest BCUT2D eigenvalue weighted by atomic mass is 10.2. The van der Waals surface area contributed by atoms with E-state index in [0.717, 1.165) is 37.2 Å². The van der Waals surface area contributed by atoms with Crippen LogP contribution in [0.15, 0.2) is 30.6 Å². The molecular weight excluding hydrogens is 236 g/mol. The van der Waals surface area contributed by atoms with E-state index in [4.69, 9.17) is 0 Å². The Bertz CT molecular complexity index is 510. The van der Waals surface area contributed by atoms with Gasteiger partial charge in [0.15, 0.2) is 0 Å². The zero-order valence-corrected chi connectivity index (χ0v) is 11.7. The lowest BCUT2D eigenvalue weighted by Gasteiger charge is -2.08. The van der Waals surface area contributed by atoms with Crippen LogP contribution in [0.25, 0.3) is 11.0 Å². The fourth-order valence-corrected chi connectivity index (χ4v) is 1.92. The summed E-state index contributed by atoms with van der Waals surface area (Å²) in [6, 6.07) is 6.22. The predicted molar refractivity (Wildman–Crippen MR) is 79.0 cm³/mol. The number of nitrogens with zero attached hydrogens (tertiary/aromatic N) is 2. The molecule has 4 heteroatoms. The maximum Gasteiger partial charge on any atom is 0.0890 e. The molecule has 0 aliphatic carbocycles. The van der Waals surface area contributed by atoms with Gasteiger partial charge in [-0.2, -0.15) is 0 Å². The molecule has 0 aliphatic heterocycles. The van der Waals surface area contributed by atoms with E-state index in [0.29, 0.717) is 5.92 Å². The maximum atomic E-state index is 4.32. The molecule has 0 spiro atoms. The van der Waals surface area contributed by atoms with Gasteiger partial charge in [-0.3, -0.25) is 9.97 Å². The molecule has 2 N–H and O–H groups in total. The van der Waals surface area contributed by atoms with Crippen molar-refractivity contribution in [2.75, 3.05) is 19.6 Å². The van der Waals surface area contributed by atoms with Crippen molar-refractivity contribution in [3.63, 3.8) is 0 Å². The zero-order valence-electron chi connectivity index (χ0n) is 11.7. The summed E-state index contributed by atoms with van der Waals surface area (Å²) in [6.45, 7) is 8.37. The van der Waals surface area contributed by atoms with Gasteiger partial charge < -0.3 is 10.6 Å². The third-order valence-corrected chi connectivity index (χ3v) is 2.89. The van der Waals surface area contributed by atoms with Gasteiger partial charge in [-0.1, -0.05) is 19.9 Å². The molecule has 0 saturated carbocycles. The molecule has 4 nitrogen and oxygen atoms in total. The van der Waals surface area contributed by atoms with Crippen molar-refractivity contribution in [1.82, 2.24) is 20.6 Å². The summed E-state index contributed by atoms with van der Waals surface area (Å²) in [5, 5.41) is 6.85. The van der Waals surface area contributed by atoms with E-state index in [1.54, 1.807) is 12.4 Å². The monoisotopic (exact) mass is 258 g/mol. The molecule has 0 fully saturated rings. The summed E-state index contributed by atoms with van der Waals surface area (Å²) < 4.78 is 0. The summed E-state index contributed by atoms with van der Waals surface area (Å²) >= 11 is 0. The minimum atomic E-state index is 0.707. The number of hydrogen-bond donors (Lipinski definition) is 2. The lowest BCUT2D eigenvalue weighted by Crippen LogP contribution is -2.29. The highest BCUT2D eigenvalue weighted by Crippen LogP contribution is 2.10. The summed E-state index contributed by atoms with van der Waals surface area (Å²) in [7, 11) is 0. The zero-order chi connectivity index (χ0) is 13.5. The van der Waals surface area contributed by atoms with Gasteiger partial charge in [0.05, 0.1) is 11.0 Å². The first kappa shape index (κ1) is 13.9. The number of nitrogens with one attached hydrogen (secondary N) is 2. The van der Waals surface area contributed by atoms with Crippen LogP contribution in [0.3, 0.4) is 0 Å². The molecule has 0 radical (unpaired) electrons. The van der Waals surface area contributed by atoms with Crippen molar-refractivity contribution in [3.8, 4) is 0 Å². The van der Waals surface area contributed by atoms with Gasteiger partial charge >= 0.3 is 0 Å². The van der Waals surface area contributed by atoms with Crippen LogP contribution in [-0.2, 0) is 6.54 Å². The largest absolute Gasteiger partial charge is 0.315 e. The Morgan fingerprint density at radius 2 is 1.74 bits per heavy atom. The van der Waals surface area contributed by atoms with Crippen LogP contribution in [0, 0.1) is 5.92 Å². The Hall–Kier alpha value is -1.52. The van der Waals surface area contributed by atoms with Crippen LogP contribution in [0.5, 0.6) is 0 Å². The van der Waals surface area contributed by atoms with Crippen molar-refractivity contribution in [2.45, 2.75) is 20.4 Å². The van der Waals surface area contributed by atoms with Crippen molar-refractivity contribution in [2.24, 2.45) is 5.92 Å². The van der Waals surface area contributed by atoms with Gasteiger partial charge in [-0.25, -0.2) is 0 Å². The van der Waals surface area contributed by atoms with Crippen LogP contribution in [0.4, 0.5) is 0 Å². The molecule has 0 unspecified atom stereocenters. The van der Waals surface area contributed by atoms with Gasteiger partial charge in [0.2, 0.25) is 0 Å². The van der Waals surface area contributed by atoms with Crippen molar-refractivity contribution in [3.05, 3.63) is 36.2 Å². The Labute approximate surface area is 114 Å². The van der Waals surface area contributed by atoms with Gasteiger partial charge in [0.25, 0.3) is 0 Å². The quantitative estimate of drug-likeness (QED) is 0.745. The Kier molecular flexibility index (Phi) is 5.24. The Morgan fingerprint density at radius 3 is 2.53 bits per heavy atom. The molecule has 2 rings (SSSR count). The van der Waals surface area contributed by atoms with Gasteiger partial charge in [0, 0.05) is 32.0 Å². The van der Waals surface area contributed by atoms with Crippen molar-refractivity contribution in [1.29, 1.82) is 0 Å². The molecule has 0 aliphatic rings. The predicted octanol–water partition coefficient (Wildman–Crippen LogP) is 1.96. The molecule has 1 aromatic carbocycles. The molecule has 102 valence electrons. The van der Waals surface area contributed by atoms with Crippen LogP contribution in [-0.4, -0.2) is 29.6 Å². The second kappa shape index (κ2) is 7.16. The molecule has 0 saturated heterocycles. The Morgan fingerprint density at radius 1 is 1.00 bits per heavy atom. The Balaban J connectivity index is 1.75. The first-order chi connectivity index (χ1) is 9.25. The van der Waals surface area contributed by atoms with Gasteiger partial charge in [-0.05, 0) is 30.2 Å². The second-order valence-corrected chi connectivity index (χ2v) is 5.15. The average Bonchev–Trinajstić information content (AvgIpc) is 2.42. The van der Waals surface area contributed by atoms with Crippen LogP contribution in [0.1, 0.15) is 19.4 Å². The van der Waals surface area contributed by atoms with E-state index in [9.17, 15) is 0 Å². The van der Waals surface area contributed by atoms with Crippen molar-refractivity contribution < 1.29 is 0 Å². The number of hydrogen-bond acceptors (Lipinski definition) is 4. The maximum absolute atomic E-state index is 4.32. The third-order valence-electron chi connectivity index (χ3n) is 2.89. The van der Waals surface area contributed by atoms with Crippen LogP contribution < -0.4 is 10.6 Å². The van der Waals surface area contributed by atoms with E-state index in [-0.39, 0.29) is 0 Å². The first-order valence-electron chi connectivity index (χ1n) is 6.87. The average molecular weight is 258 g/mol. The van der Waals surface area contributed by atoms with Crippen LogP contribution in [0.2, 0.25) is 0 Å². The summed E-state index contributed by atoms with van der Waals surface area (Å²) in [5.74, 6) is 0.707. The molecule has 2 aromatic rings. The summed E-state index contributed by atoms with van der Waals surface area (Å²) in [6.07, 6.45) is 3.45. The van der Waals surface area contributed by atoms with E-state index >= 15 is 0 Å². The van der Waals surface area contributed by atoms with E-state index in [1.165, 1.54) is 5.56 Å². The molecule has 1 aromatic heterocycles. The van der Waals surface area contributed by atoms with E-state index in [2.05, 4.69) is 46.6 Å². The standard InChI is InChI=1S/C15H22N4/c1-12(2)10-16-5-6-17-11-13-3-4-14-15(9-13)19-8-7-18-14/h3-4,7-9,12,16-17H,5-6,10-11H2,1-2H3. The highest BCUT2D eigenvalue weighted by molar-refractivity contribution is 5.74. The lowest BCUT2D eigenvalue weighted by molar-refractivity contribution is 0.535. The highest BCUT2D eigenvalue weighted by Gasteiger charge is 1.98. The van der Waals surface area contributed by atoms with E-state index in [1.807, 2.05) is 6.07 Å². The molecule has 0 atom stereocenters. The van der Waals surface area contributed by atoms with Gasteiger partial charge in [-0.15, -0.1) is 0 Å². The van der Waals surface area contributed by atoms with E-state index < -0.39 is 0 Å². The fourth-order valence-electron chi connectivity index (χ4n) is 1.92. The first-order valence-corrected chi connectivity index (χ1v) is 6.87. The third kappa shape index (κ3) is 4.58. The normalized spacial score (nSPS) is 11.3. The molecule has 19 heavy (non-hydrogen) atoms. The molecule has 0 amide bonds. The molecule has 0 bridgehead atoms. The topological polar surface area (TPSA) is 49.8 Å². The van der Waals surface area contributed by atoms with Gasteiger partial charge in [0.1, 0.15) is 0 Å². The fraction of sp³-hybridized carbons (Fsp3) is 0.467. The minimum Gasteiger partial charge on any atom is -0.315 e. The number of benzene rings is 1. The van der Waals surface area contributed by atoms with Crippen molar-refractivity contribution >= 4 is 11.0 Å². The SMILES string of the molecule is CC(C)CNCCNCc1ccc2nccnc2c1. The number of fused-ring (bicyclic) bond motifs is 1. The highest BCUT2D eigenvalue weighted by atomic mass is 14.9. The second-order valence-electron chi connectivity index (χ2n) is 5.15. The van der Waals surface area contributed by atoms with Crippen LogP contribution >= 0.6 is 0 Å². The minimum absolute atomic E-state index is 0.707. The molecule has 1 heterocycles. The molecular formula is C15H22N4. The summed E-state index contributed by atoms with van der Waals surface area (Å²) in [5.41, 5.74) is 3.15. The summed E-state index contributed by atoms with van der Waals surface area (Å²) in [4.78, 5) is 8.58.